The molecule has 0 aliphatic heterocycles. The number of hydrogen-bond donors (Lipinski definition) is 1. The standard InChI is InChI=1S/C22H24N6O/c1-13(2)19-8-14(3)15(4)21(26-19)22(29)25-17-7-6-16-10-24-28(20(16)9-17)18-11-23-27(5)12-18/h6-13H,1-5H3,(H,25,29). The average molecular weight is 388 g/mol. The molecule has 0 bridgehead atoms. The Morgan fingerprint density at radius 2 is 1.90 bits per heavy atom. The molecule has 29 heavy (non-hydrogen) atoms. The van der Waals surface area contributed by atoms with Crippen LogP contribution in [0.3, 0.4) is 0 Å². The number of carbonyl (C=O) groups is 1. The second-order valence-corrected chi connectivity index (χ2v) is 7.65. The number of benzene rings is 1. The smallest absolute Gasteiger partial charge is 0.274 e. The van der Waals surface area contributed by atoms with E-state index in [0.29, 0.717) is 11.4 Å². The summed E-state index contributed by atoms with van der Waals surface area (Å²) in [5.41, 5.74) is 5.81. The fraction of sp³-hybridized carbons (Fsp3) is 0.273. The van der Waals surface area contributed by atoms with E-state index < -0.39 is 0 Å². The van der Waals surface area contributed by atoms with Crippen LogP contribution in [0.4, 0.5) is 5.69 Å². The predicted molar refractivity (Wildman–Crippen MR) is 114 cm³/mol. The number of nitrogens with zero attached hydrogens (tertiary/aromatic N) is 5. The summed E-state index contributed by atoms with van der Waals surface area (Å²) in [5.74, 6) is 0.0472. The van der Waals surface area contributed by atoms with Crippen LogP contribution in [0.1, 0.15) is 47.1 Å². The van der Waals surface area contributed by atoms with Crippen molar-refractivity contribution in [1.82, 2.24) is 24.5 Å². The van der Waals surface area contributed by atoms with E-state index in [2.05, 4.69) is 40.4 Å². The summed E-state index contributed by atoms with van der Waals surface area (Å²) in [7, 11) is 1.86. The van der Waals surface area contributed by atoms with Crippen LogP contribution >= 0.6 is 0 Å². The molecule has 1 amide bonds. The normalized spacial score (nSPS) is 11.4. The van der Waals surface area contributed by atoms with Crippen molar-refractivity contribution < 1.29 is 4.79 Å². The van der Waals surface area contributed by atoms with Crippen LogP contribution in [0.2, 0.25) is 0 Å². The van der Waals surface area contributed by atoms with E-state index in [4.69, 9.17) is 0 Å². The zero-order valence-electron chi connectivity index (χ0n) is 17.3. The molecule has 0 saturated carbocycles. The van der Waals surface area contributed by atoms with Gasteiger partial charge in [0.15, 0.2) is 0 Å². The lowest BCUT2D eigenvalue weighted by Crippen LogP contribution is -2.17. The topological polar surface area (TPSA) is 77.6 Å². The second kappa shape index (κ2) is 7.16. The number of carbonyl (C=O) groups excluding carboxylic acids is 1. The monoisotopic (exact) mass is 388 g/mol. The molecule has 7 nitrogen and oxygen atoms in total. The Hall–Kier alpha value is -3.48. The first-order chi connectivity index (χ1) is 13.8. The minimum absolute atomic E-state index is 0.208. The van der Waals surface area contributed by atoms with E-state index in [0.717, 1.165) is 33.4 Å². The van der Waals surface area contributed by atoms with Crippen LogP contribution in [-0.4, -0.2) is 30.5 Å². The zero-order valence-corrected chi connectivity index (χ0v) is 17.3. The number of rotatable bonds is 4. The summed E-state index contributed by atoms with van der Waals surface area (Å²) in [6.45, 7) is 8.10. The Kier molecular flexibility index (Phi) is 4.66. The van der Waals surface area contributed by atoms with E-state index in [1.807, 2.05) is 50.0 Å². The van der Waals surface area contributed by atoms with Crippen molar-refractivity contribution in [1.29, 1.82) is 0 Å². The maximum Gasteiger partial charge on any atom is 0.274 e. The Bertz CT molecular complexity index is 1220. The molecule has 0 radical (unpaired) electrons. The summed E-state index contributed by atoms with van der Waals surface area (Å²) < 4.78 is 3.54. The van der Waals surface area contributed by atoms with Crippen LogP contribution in [0.25, 0.3) is 16.6 Å². The van der Waals surface area contributed by atoms with Crippen molar-refractivity contribution in [2.45, 2.75) is 33.6 Å². The third kappa shape index (κ3) is 3.51. The van der Waals surface area contributed by atoms with Gasteiger partial charge in [-0.3, -0.25) is 9.48 Å². The molecule has 3 aromatic heterocycles. The Labute approximate surface area is 169 Å². The summed E-state index contributed by atoms with van der Waals surface area (Å²) in [6, 6.07) is 7.79. The predicted octanol–water partition coefficient (Wildman–Crippen LogP) is 4.15. The third-order valence-corrected chi connectivity index (χ3v) is 5.12. The lowest BCUT2D eigenvalue weighted by molar-refractivity contribution is 0.102. The molecule has 0 aliphatic carbocycles. The largest absolute Gasteiger partial charge is 0.321 e. The first-order valence-electron chi connectivity index (χ1n) is 9.60. The number of pyridine rings is 1. The fourth-order valence-electron chi connectivity index (χ4n) is 3.29. The summed E-state index contributed by atoms with van der Waals surface area (Å²) in [6.07, 6.45) is 5.45. The first kappa shape index (κ1) is 18.9. The van der Waals surface area contributed by atoms with E-state index in [9.17, 15) is 4.79 Å². The van der Waals surface area contributed by atoms with E-state index in [1.54, 1.807) is 17.1 Å². The van der Waals surface area contributed by atoms with Gasteiger partial charge in [0, 0.05) is 23.8 Å². The number of fused-ring (bicyclic) bond motifs is 1. The van der Waals surface area contributed by atoms with Gasteiger partial charge in [0.25, 0.3) is 5.91 Å². The van der Waals surface area contributed by atoms with Gasteiger partial charge in [0.05, 0.1) is 24.1 Å². The molecule has 0 unspecified atom stereocenters. The van der Waals surface area contributed by atoms with Crippen molar-refractivity contribution in [2.75, 3.05) is 5.32 Å². The molecule has 4 rings (SSSR count). The lowest BCUT2D eigenvalue weighted by Gasteiger charge is -2.13. The van der Waals surface area contributed by atoms with Crippen LogP contribution in [0.5, 0.6) is 0 Å². The van der Waals surface area contributed by atoms with Gasteiger partial charge in [0.1, 0.15) is 11.4 Å². The molecule has 3 heterocycles. The van der Waals surface area contributed by atoms with Crippen molar-refractivity contribution >= 4 is 22.5 Å². The van der Waals surface area contributed by atoms with Gasteiger partial charge < -0.3 is 5.32 Å². The highest BCUT2D eigenvalue weighted by atomic mass is 16.1. The first-order valence-corrected chi connectivity index (χ1v) is 9.60. The van der Waals surface area contributed by atoms with E-state index in [-0.39, 0.29) is 11.8 Å². The summed E-state index contributed by atoms with van der Waals surface area (Å²) in [4.78, 5) is 17.6. The van der Waals surface area contributed by atoms with Gasteiger partial charge in [-0.25, -0.2) is 9.67 Å². The highest BCUT2D eigenvalue weighted by Crippen LogP contribution is 2.24. The second-order valence-electron chi connectivity index (χ2n) is 7.65. The molecule has 0 spiro atoms. The molecule has 0 fully saturated rings. The van der Waals surface area contributed by atoms with Gasteiger partial charge in [0.2, 0.25) is 0 Å². The fourth-order valence-corrected chi connectivity index (χ4v) is 3.29. The summed E-state index contributed by atoms with van der Waals surface area (Å²) >= 11 is 0. The van der Waals surface area contributed by atoms with Crippen LogP contribution in [-0.2, 0) is 7.05 Å². The quantitative estimate of drug-likeness (QED) is 0.570. The molecule has 0 atom stereocenters. The zero-order chi connectivity index (χ0) is 20.7. The van der Waals surface area contributed by atoms with Gasteiger partial charge in [-0.05, 0) is 55.2 Å². The molecular weight excluding hydrogens is 364 g/mol. The van der Waals surface area contributed by atoms with Crippen molar-refractivity contribution in [3.63, 3.8) is 0 Å². The highest BCUT2D eigenvalue weighted by Gasteiger charge is 2.16. The van der Waals surface area contributed by atoms with Gasteiger partial charge in [-0.15, -0.1) is 0 Å². The van der Waals surface area contributed by atoms with Crippen molar-refractivity contribution in [3.05, 3.63) is 65.4 Å². The van der Waals surface area contributed by atoms with E-state index in [1.165, 1.54) is 0 Å². The molecule has 1 N–H and O–H groups in total. The van der Waals surface area contributed by atoms with Crippen molar-refractivity contribution in [3.8, 4) is 5.69 Å². The maximum absolute atomic E-state index is 13.0. The molecule has 0 aliphatic rings. The Morgan fingerprint density at radius 1 is 1.10 bits per heavy atom. The number of hydrogen-bond acceptors (Lipinski definition) is 4. The van der Waals surface area contributed by atoms with Crippen molar-refractivity contribution in [2.24, 2.45) is 7.05 Å². The number of aromatic nitrogens is 5. The molecule has 148 valence electrons. The number of amides is 1. The minimum Gasteiger partial charge on any atom is -0.321 e. The third-order valence-electron chi connectivity index (χ3n) is 5.12. The summed E-state index contributed by atoms with van der Waals surface area (Å²) in [5, 5.41) is 12.6. The SMILES string of the molecule is Cc1cc(C(C)C)nc(C(=O)Nc2ccc3cnn(-c4cnn(C)c4)c3c2)c1C. The number of aryl methyl sites for hydroxylation is 2. The van der Waals surface area contributed by atoms with Gasteiger partial charge in [-0.2, -0.15) is 10.2 Å². The number of anilines is 1. The minimum atomic E-state index is -0.208. The highest BCUT2D eigenvalue weighted by molar-refractivity contribution is 6.05. The van der Waals surface area contributed by atoms with Gasteiger partial charge in [-0.1, -0.05) is 13.8 Å². The maximum atomic E-state index is 13.0. The van der Waals surface area contributed by atoms with E-state index >= 15 is 0 Å². The molecular formula is C22H24N6O. The lowest BCUT2D eigenvalue weighted by atomic mass is 10.0. The van der Waals surface area contributed by atoms with Crippen LogP contribution < -0.4 is 5.32 Å². The average Bonchev–Trinajstić information content (AvgIpc) is 3.29. The molecule has 7 heteroatoms. The Balaban J connectivity index is 1.69. The molecule has 4 aromatic rings. The van der Waals surface area contributed by atoms with Gasteiger partial charge >= 0.3 is 0 Å². The van der Waals surface area contributed by atoms with Crippen LogP contribution in [0, 0.1) is 13.8 Å². The molecule has 0 saturated heterocycles. The Morgan fingerprint density at radius 3 is 2.59 bits per heavy atom. The number of nitrogens with one attached hydrogen (secondary N) is 1. The van der Waals surface area contributed by atoms with Crippen LogP contribution in [0.15, 0.2) is 42.9 Å². The molecule has 1 aromatic carbocycles.